The first kappa shape index (κ1) is 17.6. The first-order chi connectivity index (χ1) is 12.0. The van der Waals surface area contributed by atoms with Gasteiger partial charge in [-0.05, 0) is 26.6 Å². The number of benzene rings is 1. The van der Waals surface area contributed by atoms with Crippen molar-refractivity contribution in [2.75, 3.05) is 33.7 Å². The van der Waals surface area contributed by atoms with Crippen LogP contribution in [0.2, 0.25) is 0 Å². The highest BCUT2D eigenvalue weighted by molar-refractivity contribution is 5.92. The van der Waals surface area contributed by atoms with Gasteiger partial charge in [-0.15, -0.1) is 0 Å². The van der Waals surface area contributed by atoms with Gasteiger partial charge in [0, 0.05) is 38.3 Å². The number of hydrogen-bond acceptors (Lipinski definition) is 5. The third-order valence-electron chi connectivity index (χ3n) is 4.53. The molecule has 1 amide bonds. The van der Waals surface area contributed by atoms with Crippen molar-refractivity contribution in [3.63, 3.8) is 0 Å². The van der Waals surface area contributed by atoms with E-state index < -0.39 is 0 Å². The van der Waals surface area contributed by atoms with Crippen LogP contribution >= 0.6 is 0 Å². The van der Waals surface area contributed by atoms with Crippen LogP contribution in [0.4, 0.5) is 0 Å². The van der Waals surface area contributed by atoms with Crippen molar-refractivity contribution in [3.8, 4) is 0 Å². The number of rotatable bonds is 5. The van der Waals surface area contributed by atoms with E-state index in [9.17, 15) is 4.79 Å². The van der Waals surface area contributed by atoms with Gasteiger partial charge in [-0.3, -0.25) is 9.69 Å². The van der Waals surface area contributed by atoms with Crippen molar-refractivity contribution < 1.29 is 9.32 Å². The van der Waals surface area contributed by atoms with Gasteiger partial charge in [-0.25, -0.2) is 0 Å². The Morgan fingerprint density at radius 3 is 2.72 bits per heavy atom. The molecule has 0 aliphatic carbocycles. The Morgan fingerprint density at radius 1 is 1.28 bits per heavy atom. The fourth-order valence-corrected chi connectivity index (χ4v) is 3.19. The SMILES string of the molecule is CC1CN(C(=O)c2cc(CN(C)C)on2)CCN1Cc1ccccc1. The summed E-state index contributed by atoms with van der Waals surface area (Å²) in [6.07, 6.45) is 0. The normalized spacial score (nSPS) is 18.7. The lowest BCUT2D eigenvalue weighted by atomic mass is 10.1. The molecule has 6 nitrogen and oxygen atoms in total. The molecule has 0 bridgehead atoms. The average Bonchev–Trinajstić information content (AvgIpc) is 3.04. The molecule has 1 unspecified atom stereocenters. The number of carbonyl (C=O) groups is 1. The Hall–Kier alpha value is -2.18. The zero-order chi connectivity index (χ0) is 17.8. The van der Waals surface area contributed by atoms with Gasteiger partial charge in [0.25, 0.3) is 5.91 Å². The van der Waals surface area contributed by atoms with Crippen LogP contribution in [0.3, 0.4) is 0 Å². The third-order valence-corrected chi connectivity index (χ3v) is 4.53. The molecule has 0 spiro atoms. The van der Waals surface area contributed by atoms with E-state index in [1.807, 2.05) is 30.0 Å². The minimum absolute atomic E-state index is 0.0417. The van der Waals surface area contributed by atoms with Gasteiger partial charge in [0.1, 0.15) is 0 Å². The van der Waals surface area contributed by atoms with Gasteiger partial charge in [-0.1, -0.05) is 35.5 Å². The molecule has 2 heterocycles. The Kier molecular flexibility index (Phi) is 5.50. The van der Waals surface area contributed by atoms with Crippen molar-refractivity contribution in [3.05, 3.63) is 53.4 Å². The Morgan fingerprint density at radius 2 is 2.04 bits per heavy atom. The molecular formula is C19H26N4O2. The Labute approximate surface area is 149 Å². The molecule has 134 valence electrons. The van der Waals surface area contributed by atoms with Crippen LogP contribution in [0.1, 0.15) is 28.7 Å². The minimum atomic E-state index is -0.0417. The first-order valence-corrected chi connectivity index (χ1v) is 8.70. The van der Waals surface area contributed by atoms with Crippen LogP contribution in [0.25, 0.3) is 0 Å². The first-order valence-electron chi connectivity index (χ1n) is 8.70. The maximum Gasteiger partial charge on any atom is 0.276 e. The average molecular weight is 342 g/mol. The van der Waals surface area contributed by atoms with Gasteiger partial charge in [0.05, 0.1) is 6.54 Å². The monoisotopic (exact) mass is 342 g/mol. The summed E-state index contributed by atoms with van der Waals surface area (Å²) in [5.74, 6) is 0.670. The molecule has 0 N–H and O–H groups in total. The zero-order valence-corrected chi connectivity index (χ0v) is 15.2. The van der Waals surface area contributed by atoms with E-state index in [0.717, 1.165) is 13.1 Å². The summed E-state index contributed by atoms with van der Waals surface area (Å²) in [4.78, 5) is 19.0. The molecule has 25 heavy (non-hydrogen) atoms. The van der Waals surface area contributed by atoms with E-state index >= 15 is 0 Å². The van der Waals surface area contributed by atoms with Gasteiger partial charge in [0.15, 0.2) is 11.5 Å². The van der Waals surface area contributed by atoms with E-state index in [4.69, 9.17) is 4.52 Å². The van der Waals surface area contributed by atoms with Crippen LogP contribution in [0.5, 0.6) is 0 Å². The van der Waals surface area contributed by atoms with Crippen molar-refractivity contribution in [1.82, 2.24) is 19.9 Å². The molecule has 1 saturated heterocycles. The third kappa shape index (κ3) is 4.46. The predicted molar refractivity (Wildman–Crippen MR) is 96.1 cm³/mol. The van der Waals surface area contributed by atoms with Crippen LogP contribution in [-0.2, 0) is 13.1 Å². The second-order valence-corrected chi connectivity index (χ2v) is 6.97. The van der Waals surface area contributed by atoms with Crippen LogP contribution in [-0.4, -0.2) is 65.5 Å². The Bertz CT molecular complexity index is 698. The molecule has 2 aromatic rings. The summed E-state index contributed by atoms with van der Waals surface area (Å²) in [5.41, 5.74) is 1.71. The summed E-state index contributed by atoms with van der Waals surface area (Å²) in [5, 5.41) is 3.95. The molecule has 0 saturated carbocycles. The number of nitrogens with zero attached hydrogens (tertiary/aromatic N) is 4. The predicted octanol–water partition coefficient (Wildman–Crippen LogP) is 2.08. The number of amides is 1. The highest BCUT2D eigenvalue weighted by Crippen LogP contribution is 2.16. The fraction of sp³-hybridized carbons (Fsp3) is 0.474. The van der Waals surface area contributed by atoms with E-state index in [1.54, 1.807) is 6.07 Å². The molecular weight excluding hydrogens is 316 g/mol. The number of carbonyl (C=O) groups excluding carboxylic acids is 1. The summed E-state index contributed by atoms with van der Waals surface area (Å²) >= 11 is 0. The van der Waals surface area contributed by atoms with Crippen molar-refractivity contribution in [1.29, 1.82) is 0 Å². The highest BCUT2D eigenvalue weighted by atomic mass is 16.5. The standard InChI is InChI=1S/C19H26N4O2/c1-15-12-23(10-9-22(15)13-16-7-5-4-6-8-16)19(24)18-11-17(25-20-18)14-21(2)3/h4-8,11,15H,9-10,12-14H2,1-3H3. The molecule has 1 aromatic carbocycles. The lowest BCUT2D eigenvalue weighted by Gasteiger charge is -2.39. The van der Waals surface area contributed by atoms with E-state index in [-0.39, 0.29) is 5.91 Å². The second-order valence-electron chi connectivity index (χ2n) is 6.97. The van der Waals surface area contributed by atoms with Gasteiger partial charge < -0.3 is 14.3 Å². The smallest absolute Gasteiger partial charge is 0.276 e. The second kappa shape index (κ2) is 7.80. The topological polar surface area (TPSA) is 52.8 Å². The minimum Gasteiger partial charge on any atom is -0.359 e. The highest BCUT2D eigenvalue weighted by Gasteiger charge is 2.28. The molecule has 1 aromatic heterocycles. The molecule has 1 aliphatic heterocycles. The maximum atomic E-state index is 12.7. The lowest BCUT2D eigenvalue weighted by Crippen LogP contribution is -2.53. The van der Waals surface area contributed by atoms with Crippen molar-refractivity contribution in [2.24, 2.45) is 0 Å². The molecule has 1 fully saturated rings. The summed E-state index contributed by atoms with van der Waals surface area (Å²) < 4.78 is 5.26. The number of hydrogen-bond donors (Lipinski definition) is 0. The van der Waals surface area contributed by atoms with Gasteiger partial charge in [-0.2, -0.15) is 0 Å². The van der Waals surface area contributed by atoms with E-state index in [1.165, 1.54) is 5.56 Å². The largest absolute Gasteiger partial charge is 0.359 e. The molecule has 6 heteroatoms. The van der Waals surface area contributed by atoms with Crippen LogP contribution in [0.15, 0.2) is 40.9 Å². The summed E-state index contributed by atoms with van der Waals surface area (Å²) in [7, 11) is 3.91. The number of piperazine rings is 1. The summed E-state index contributed by atoms with van der Waals surface area (Å²) in [6, 6.07) is 12.5. The van der Waals surface area contributed by atoms with Gasteiger partial charge >= 0.3 is 0 Å². The zero-order valence-electron chi connectivity index (χ0n) is 15.2. The molecule has 0 radical (unpaired) electrons. The van der Waals surface area contributed by atoms with Crippen molar-refractivity contribution >= 4 is 5.91 Å². The molecule has 3 rings (SSSR count). The van der Waals surface area contributed by atoms with Crippen molar-refractivity contribution in [2.45, 2.75) is 26.1 Å². The number of aromatic nitrogens is 1. The lowest BCUT2D eigenvalue weighted by molar-refractivity contribution is 0.0486. The summed E-state index contributed by atoms with van der Waals surface area (Å²) in [6.45, 7) is 6.02. The molecule has 1 aliphatic rings. The maximum absolute atomic E-state index is 12.7. The quantitative estimate of drug-likeness (QED) is 0.833. The van der Waals surface area contributed by atoms with Crippen LogP contribution in [0, 0.1) is 0 Å². The van der Waals surface area contributed by atoms with E-state index in [2.05, 4.69) is 41.2 Å². The van der Waals surface area contributed by atoms with E-state index in [0.29, 0.717) is 37.1 Å². The van der Waals surface area contributed by atoms with Gasteiger partial charge in [0.2, 0.25) is 0 Å². The Balaban J connectivity index is 1.58. The molecule has 1 atom stereocenters. The van der Waals surface area contributed by atoms with Crippen LogP contribution < -0.4 is 0 Å². The fourth-order valence-electron chi connectivity index (χ4n) is 3.19.